The molecule has 2 saturated heterocycles. The topological polar surface area (TPSA) is 44.4 Å². The minimum Gasteiger partial charge on any atom is -0.355 e. The summed E-state index contributed by atoms with van der Waals surface area (Å²) in [4.78, 5) is 14.3. The Kier molecular flexibility index (Phi) is 5.01. The van der Waals surface area contributed by atoms with Gasteiger partial charge in [-0.25, -0.2) is 0 Å². The first-order valence-electron chi connectivity index (χ1n) is 7.39. The van der Waals surface area contributed by atoms with E-state index < -0.39 is 0 Å². The van der Waals surface area contributed by atoms with Crippen molar-refractivity contribution in [3.8, 4) is 0 Å². The second-order valence-corrected chi connectivity index (χ2v) is 5.94. The van der Waals surface area contributed by atoms with Crippen LogP contribution in [0.15, 0.2) is 0 Å². The number of piperidine rings is 1. The van der Waals surface area contributed by atoms with Crippen molar-refractivity contribution in [3.63, 3.8) is 0 Å². The maximum absolute atomic E-state index is 11.9. The summed E-state index contributed by atoms with van der Waals surface area (Å²) >= 11 is 0. The van der Waals surface area contributed by atoms with E-state index in [0.29, 0.717) is 6.04 Å². The highest BCUT2D eigenvalue weighted by Gasteiger charge is 2.27. The molecule has 2 fully saturated rings. The normalized spacial score (nSPS) is 29.7. The fraction of sp³-hybridized carbons (Fsp3) is 0.929. The third kappa shape index (κ3) is 3.69. The number of carbonyl (C=O) groups excluding carboxylic acids is 1. The van der Waals surface area contributed by atoms with Crippen molar-refractivity contribution in [1.29, 1.82) is 0 Å². The van der Waals surface area contributed by atoms with Crippen LogP contribution in [0.2, 0.25) is 0 Å². The number of hydrogen-bond acceptors (Lipinski definition) is 3. The van der Waals surface area contributed by atoms with Gasteiger partial charge in [-0.1, -0.05) is 0 Å². The van der Waals surface area contributed by atoms with Gasteiger partial charge in [-0.3, -0.25) is 4.79 Å². The molecule has 0 saturated carbocycles. The van der Waals surface area contributed by atoms with Gasteiger partial charge < -0.3 is 15.5 Å². The number of amides is 1. The van der Waals surface area contributed by atoms with E-state index in [4.69, 9.17) is 0 Å². The molecule has 0 aromatic heterocycles. The van der Waals surface area contributed by atoms with Gasteiger partial charge in [0.25, 0.3) is 0 Å². The fourth-order valence-corrected chi connectivity index (χ4v) is 3.08. The number of likely N-dealkylation sites (tertiary alicyclic amines) is 1. The van der Waals surface area contributed by atoms with Crippen LogP contribution in [0.1, 0.15) is 39.0 Å². The highest BCUT2D eigenvalue weighted by molar-refractivity contribution is 5.81. The third-order valence-corrected chi connectivity index (χ3v) is 4.47. The molecular formula is C14H27N3O. The average molecular weight is 253 g/mol. The lowest BCUT2D eigenvalue weighted by atomic mass is 9.90. The molecule has 2 aliphatic heterocycles. The minimum atomic E-state index is 0.0298. The lowest BCUT2D eigenvalue weighted by Gasteiger charge is -2.34. The average Bonchev–Trinajstić information content (AvgIpc) is 2.56. The summed E-state index contributed by atoms with van der Waals surface area (Å²) in [6, 6.07) is 0.481. The summed E-state index contributed by atoms with van der Waals surface area (Å²) in [5, 5.41) is 6.56. The second kappa shape index (κ2) is 6.53. The zero-order valence-electron chi connectivity index (χ0n) is 11.7. The molecule has 0 aromatic carbocycles. The zero-order valence-corrected chi connectivity index (χ0v) is 11.7. The molecule has 2 rings (SSSR count). The lowest BCUT2D eigenvalue weighted by Crippen LogP contribution is -2.50. The minimum absolute atomic E-state index is 0.0298. The highest BCUT2D eigenvalue weighted by atomic mass is 16.2. The molecule has 2 N–H and O–H groups in total. The molecule has 2 aliphatic rings. The van der Waals surface area contributed by atoms with Gasteiger partial charge in [0.2, 0.25) is 5.91 Å². The van der Waals surface area contributed by atoms with Crippen LogP contribution in [0.25, 0.3) is 0 Å². The molecule has 0 spiro atoms. The molecule has 2 unspecified atom stereocenters. The number of nitrogens with one attached hydrogen (secondary N) is 2. The van der Waals surface area contributed by atoms with Gasteiger partial charge in [0.1, 0.15) is 0 Å². The van der Waals surface area contributed by atoms with Crippen molar-refractivity contribution >= 4 is 5.91 Å². The van der Waals surface area contributed by atoms with E-state index in [2.05, 4.69) is 29.5 Å². The Hall–Kier alpha value is -0.610. The van der Waals surface area contributed by atoms with Crippen molar-refractivity contribution in [2.24, 2.45) is 5.92 Å². The fourth-order valence-electron chi connectivity index (χ4n) is 3.08. The largest absolute Gasteiger partial charge is 0.355 e. The van der Waals surface area contributed by atoms with Crippen molar-refractivity contribution < 1.29 is 4.79 Å². The van der Waals surface area contributed by atoms with Crippen LogP contribution in [-0.2, 0) is 4.79 Å². The Balaban J connectivity index is 1.82. The molecule has 1 amide bonds. The molecule has 0 aromatic rings. The molecular weight excluding hydrogens is 226 g/mol. The van der Waals surface area contributed by atoms with Gasteiger partial charge in [-0.15, -0.1) is 0 Å². The van der Waals surface area contributed by atoms with Gasteiger partial charge in [0.15, 0.2) is 0 Å². The summed E-state index contributed by atoms with van der Waals surface area (Å²) in [6.07, 6.45) is 5.75. The van der Waals surface area contributed by atoms with E-state index >= 15 is 0 Å². The Morgan fingerprint density at radius 1 is 1.28 bits per heavy atom. The Morgan fingerprint density at radius 3 is 2.72 bits per heavy atom. The van der Waals surface area contributed by atoms with Gasteiger partial charge in [-0.2, -0.15) is 0 Å². The van der Waals surface area contributed by atoms with Crippen molar-refractivity contribution in [2.75, 3.05) is 26.7 Å². The molecule has 18 heavy (non-hydrogen) atoms. The number of rotatable bonds is 3. The summed E-state index contributed by atoms with van der Waals surface area (Å²) in [6.45, 7) is 5.47. The van der Waals surface area contributed by atoms with E-state index in [-0.39, 0.29) is 11.9 Å². The number of hydrogen-bond donors (Lipinski definition) is 2. The van der Waals surface area contributed by atoms with Crippen LogP contribution in [-0.4, -0.2) is 49.6 Å². The van der Waals surface area contributed by atoms with Crippen LogP contribution < -0.4 is 10.6 Å². The van der Waals surface area contributed by atoms with E-state index in [1.807, 2.05) is 0 Å². The van der Waals surface area contributed by atoms with E-state index in [1.165, 1.54) is 25.9 Å². The van der Waals surface area contributed by atoms with Gasteiger partial charge >= 0.3 is 0 Å². The molecule has 4 nitrogen and oxygen atoms in total. The molecule has 104 valence electrons. The smallest absolute Gasteiger partial charge is 0.237 e. The van der Waals surface area contributed by atoms with Crippen molar-refractivity contribution in [3.05, 3.63) is 0 Å². The monoisotopic (exact) mass is 253 g/mol. The number of carbonyl (C=O) groups is 1. The predicted molar refractivity (Wildman–Crippen MR) is 73.5 cm³/mol. The van der Waals surface area contributed by atoms with Crippen LogP contribution >= 0.6 is 0 Å². The van der Waals surface area contributed by atoms with Gasteiger partial charge in [0.05, 0.1) is 6.04 Å². The SMILES string of the molecule is CC(NC1CCCCNC1=O)C1CCN(C)CC1. The second-order valence-electron chi connectivity index (χ2n) is 5.94. The van der Waals surface area contributed by atoms with Crippen LogP contribution in [0.5, 0.6) is 0 Å². The summed E-state index contributed by atoms with van der Waals surface area (Å²) in [5.41, 5.74) is 0. The number of nitrogens with zero attached hydrogens (tertiary/aromatic N) is 1. The van der Waals surface area contributed by atoms with Gasteiger partial charge in [-0.05, 0) is 65.1 Å². The first-order chi connectivity index (χ1) is 8.66. The maximum Gasteiger partial charge on any atom is 0.237 e. The van der Waals surface area contributed by atoms with Crippen LogP contribution in [0.4, 0.5) is 0 Å². The van der Waals surface area contributed by atoms with E-state index in [1.54, 1.807) is 0 Å². The molecule has 0 bridgehead atoms. The third-order valence-electron chi connectivity index (χ3n) is 4.47. The summed E-state index contributed by atoms with van der Waals surface area (Å²) in [5.74, 6) is 0.921. The standard InChI is InChI=1S/C14H27N3O/c1-11(12-6-9-17(2)10-7-12)16-13-5-3-4-8-15-14(13)18/h11-13,16H,3-10H2,1-2H3,(H,15,18). The highest BCUT2D eigenvalue weighted by Crippen LogP contribution is 2.20. The lowest BCUT2D eigenvalue weighted by molar-refractivity contribution is -0.123. The summed E-state index contributed by atoms with van der Waals surface area (Å²) < 4.78 is 0. The molecule has 4 heteroatoms. The Morgan fingerprint density at radius 2 is 2.00 bits per heavy atom. The Labute approximate surface area is 110 Å². The summed E-state index contributed by atoms with van der Waals surface area (Å²) in [7, 11) is 2.19. The molecule has 2 heterocycles. The van der Waals surface area contributed by atoms with Gasteiger partial charge in [0, 0.05) is 12.6 Å². The van der Waals surface area contributed by atoms with Crippen molar-refractivity contribution in [2.45, 2.75) is 51.1 Å². The van der Waals surface area contributed by atoms with E-state index in [0.717, 1.165) is 31.7 Å². The predicted octanol–water partition coefficient (Wildman–Crippen LogP) is 0.975. The van der Waals surface area contributed by atoms with Crippen LogP contribution in [0, 0.1) is 5.92 Å². The first-order valence-corrected chi connectivity index (χ1v) is 7.39. The Bertz CT molecular complexity index is 274. The van der Waals surface area contributed by atoms with Crippen molar-refractivity contribution in [1.82, 2.24) is 15.5 Å². The van der Waals surface area contributed by atoms with E-state index in [9.17, 15) is 4.79 Å². The zero-order chi connectivity index (χ0) is 13.0. The molecule has 0 radical (unpaired) electrons. The molecule has 0 aliphatic carbocycles. The molecule has 2 atom stereocenters. The van der Waals surface area contributed by atoms with Crippen LogP contribution in [0.3, 0.4) is 0 Å². The maximum atomic E-state index is 11.9. The first kappa shape index (κ1) is 13.8. The quantitative estimate of drug-likeness (QED) is 0.788.